The monoisotopic (exact) mass is 454 g/mol. The van der Waals surface area contributed by atoms with Gasteiger partial charge >= 0.3 is 11.6 Å². The van der Waals surface area contributed by atoms with Crippen molar-refractivity contribution in [2.45, 2.75) is 32.9 Å². The molecular weight excluding hydrogens is 431 g/mol. The molecule has 0 saturated carbocycles. The summed E-state index contributed by atoms with van der Waals surface area (Å²) >= 11 is -0.750. The van der Waals surface area contributed by atoms with Crippen LogP contribution < -0.4 is 15.8 Å². The fourth-order valence-corrected chi connectivity index (χ4v) is 2.79. The molecule has 1 aliphatic heterocycles. The topological polar surface area (TPSA) is 124 Å². The maximum absolute atomic E-state index is 14.6. The van der Waals surface area contributed by atoms with Crippen molar-refractivity contribution in [3.8, 4) is 16.9 Å². The lowest BCUT2D eigenvalue weighted by atomic mass is 9.88. The van der Waals surface area contributed by atoms with E-state index >= 15 is 0 Å². The van der Waals surface area contributed by atoms with Gasteiger partial charge in [0, 0.05) is 29.8 Å². The maximum Gasteiger partial charge on any atom is 0.335 e. The molecule has 9 nitrogen and oxygen atoms in total. The van der Waals surface area contributed by atoms with Crippen molar-refractivity contribution in [3.63, 3.8) is 0 Å². The average Bonchev–Trinajstić information content (AvgIpc) is 2.71. The highest BCUT2D eigenvalue weighted by atomic mass is 32.1. The Balaban J connectivity index is 0.00000107. The number of rotatable bonds is 7. The molecule has 1 saturated heterocycles. The summed E-state index contributed by atoms with van der Waals surface area (Å²) in [6, 6.07) is 8.10. The van der Waals surface area contributed by atoms with Crippen molar-refractivity contribution < 1.29 is 32.3 Å². The number of aromatic nitrogens is 1. The van der Waals surface area contributed by atoms with E-state index in [4.69, 9.17) is 23.1 Å². The Bertz CT molecular complexity index is 998. The highest BCUT2D eigenvalue weighted by Crippen LogP contribution is 2.26. The molecule has 0 atom stereocenters. The van der Waals surface area contributed by atoms with Gasteiger partial charge in [-0.15, -0.1) is 0 Å². The number of ether oxygens (including phenoxy) is 2. The first-order valence-electron chi connectivity index (χ1n) is 9.33. The maximum atomic E-state index is 14.6. The quantitative estimate of drug-likeness (QED) is 0.482. The van der Waals surface area contributed by atoms with Crippen molar-refractivity contribution >= 4 is 17.5 Å². The molecule has 0 spiro atoms. The Morgan fingerprint density at radius 3 is 2.45 bits per heavy atom. The lowest BCUT2D eigenvalue weighted by molar-refractivity contribution is -0.138. The van der Waals surface area contributed by atoms with Gasteiger partial charge in [-0.1, -0.05) is 26.0 Å². The molecule has 11 heteroatoms. The van der Waals surface area contributed by atoms with Crippen molar-refractivity contribution in [3.05, 3.63) is 52.7 Å². The van der Waals surface area contributed by atoms with E-state index in [1.54, 1.807) is 43.6 Å². The van der Waals surface area contributed by atoms with E-state index in [-0.39, 0.29) is 30.2 Å². The zero-order chi connectivity index (χ0) is 23.0. The van der Waals surface area contributed by atoms with Crippen LogP contribution in [0.25, 0.3) is 11.1 Å². The van der Waals surface area contributed by atoms with E-state index in [9.17, 15) is 14.0 Å². The highest BCUT2D eigenvalue weighted by Gasteiger charge is 2.27. The summed E-state index contributed by atoms with van der Waals surface area (Å²) < 4.78 is 43.1. The Kier molecular flexibility index (Phi) is 8.60. The molecular formula is C20H23FN2O7S. The third kappa shape index (κ3) is 6.54. The summed E-state index contributed by atoms with van der Waals surface area (Å²) in [5.74, 6) is -0.436. The van der Waals surface area contributed by atoms with Crippen LogP contribution in [0.3, 0.4) is 0 Å². The molecule has 1 amide bonds. The standard InChI is InChI=1S/C20H23FN2O5.O2S/c1-20(2,19(25)22-26)7-8-23-10-17(21)16(9-18(23)24)13-3-5-14(6-4-13)28-15-11-27-12-15;1-3-2/h3-6,9-10,15,26H,7-8,11-12H2,1-2H3,(H,22,25);. The molecule has 1 aromatic heterocycles. The fourth-order valence-electron chi connectivity index (χ4n) is 2.79. The van der Waals surface area contributed by atoms with Crippen molar-refractivity contribution in [2.24, 2.45) is 5.41 Å². The number of nitrogens with one attached hydrogen (secondary N) is 1. The van der Waals surface area contributed by atoms with Gasteiger partial charge in [0.2, 0.25) is 5.91 Å². The second-order valence-electron chi connectivity index (χ2n) is 7.51. The van der Waals surface area contributed by atoms with Gasteiger partial charge in [-0.05, 0) is 24.1 Å². The Morgan fingerprint density at radius 1 is 1.32 bits per heavy atom. The number of benzene rings is 1. The van der Waals surface area contributed by atoms with Crippen LogP contribution >= 0.6 is 0 Å². The summed E-state index contributed by atoms with van der Waals surface area (Å²) in [4.78, 5) is 24.0. The molecule has 168 valence electrons. The van der Waals surface area contributed by atoms with E-state index in [0.717, 1.165) is 6.20 Å². The SMILES string of the molecule is CC(C)(CCn1cc(F)c(-c2ccc(OC3COC3)cc2)cc1=O)C(=O)NO.O=S=O. The van der Waals surface area contributed by atoms with Gasteiger partial charge in [-0.3, -0.25) is 14.8 Å². The van der Waals surface area contributed by atoms with E-state index in [2.05, 4.69) is 0 Å². The first-order chi connectivity index (χ1) is 14.7. The molecule has 2 heterocycles. The molecule has 1 aromatic carbocycles. The fraction of sp³-hybridized carbons (Fsp3) is 0.400. The number of amides is 1. The number of carbonyl (C=O) groups excluding carboxylic acids is 1. The molecule has 0 unspecified atom stereocenters. The number of hydroxylamine groups is 1. The predicted octanol–water partition coefficient (Wildman–Crippen LogP) is 1.68. The molecule has 3 rings (SSSR count). The normalized spacial score (nSPS) is 13.4. The van der Waals surface area contributed by atoms with Crippen LogP contribution in [0.2, 0.25) is 0 Å². The van der Waals surface area contributed by atoms with Gasteiger partial charge in [-0.25, -0.2) is 9.87 Å². The number of halogens is 1. The van der Waals surface area contributed by atoms with Gasteiger partial charge in [0.05, 0.1) is 13.2 Å². The summed E-state index contributed by atoms with van der Waals surface area (Å²) in [7, 11) is 0. The molecule has 0 bridgehead atoms. The number of aryl methyl sites for hydroxylation is 1. The van der Waals surface area contributed by atoms with Gasteiger partial charge < -0.3 is 14.0 Å². The summed E-state index contributed by atoms with van der Waals surface area (Å²) in [6.07, 6.45) is 1.44. The van der Waals surface area contributed by atoms with Crippen LogP contribution in [0.15, 0.2) is 41.3 Å². The minimum atomic E-state index is -0.898. The summed E-state index contributed by atoms with van der Waals surface area (Å²) in [5.41, 5.74) is 1.10. The number of pyridine rings is 1. The van der Waals surface area contributed by atoms with E-state index < -0.39 is 28.7 Å². The predicted molar refractivity (Wildman–Crippen MR) is 109 cm³/mol. The summed E-state index contributed by atoms with van der Waals surface area (Å²) in [5, 5.41) is 8.77. The second kappa shape index (κ2) is 10.9. The van der Waals surface area contributed by atoms with Gasteiger partial charge in [-0.2, -0.15) is 8.42 Å². The molecule has 31 heavy (non-hydrogen) atoms. The van der Waals surface area contributed by atoms with Crippen LogP contribution in [0.1, 0.15) is 20.3 Å². The summed E-state index contributed by atoms with van der Waals surface area (Å²) in [6.45, 7) is 4.53. The van der Waals surface area contributed by atoms with Gasteiger partial charge in [0.15, 0.2) is 0 Å². The third-order valence-corrected chi connectivity index (χ3v) is 4.85. The number of hydrogen-bond acceptors (Lipinski definition) is 7. The molecule has 2 aromatic rings. The lowest BCUT2D eigenvalue weighted by Gasteiger charge is -2.26. The Hall–Kier alpha value is -2.89. The van der Waals surface area contributed by atoms with Crippen LogP contribution in [-0.4, -0.2) is 43.4 Å². The smallest absolute Gasteiger partial charge is 0.335 e. The first kappa shape index (κ1) is 24.4. The molecule has 2 N–H and O–H groups in total. The van der Waals surface area contributed by atoms with Crippen LogP contribution in [0.5, 0.6) is 5.75 Å². The number of carbonyl (C=O) groups is 1. The van der Waals surface area contributed by atoms with Gasteiger partial charge in [0.25, 0.3) is 5.56 Å². The molecule has 0 aliphatic carbocycles. The second-order valence-corrected chi connectivity index (χ2v) is 7.65. The van der Waals surface area contributed by atoms with Crippen molar-refractivity contribution in [2.75, 3.05) is 13.2 Å². The van der Waals surface area contributed by atoms with Crippen LogP contribution in [-0.2, 0) is 27.6 Å². The molecule has 1 fully saturated rings. The minimum absolute atomic E-state index is 0.0451. The zero-order valence-electron chi connectivity index (χ0n) is 17.0. The van der Waals surface area contributed by atoms with Gasteiger partial charge in [0.1, 0.15) is 17.7 Å². The number of nitrogens with zero attached hydrogens (tertiary/aromatic N) is 1. The lowest BCUT2D eigenvalue weighted by Crippen LogP contribution is -2.38. The first-order valence-corrected chi connectivity index (χ1v) is 9.99. The average molecular weight is 454 g/mol. The molecule has 0 radical (unpaired) electrons. The largest absolute Gasteiger partial charge is 0.486 e. The van der Waals surface area contributed by atoms with Crippen LogP contribution in [0.4, 0.5) is 4.39 Å². The molecule has 1 aliphatic rings. The van der Waals surface area contributed by atoms with E-state index in [1.165, 1.54) is 10.6 Å². The van der Waals surface area contributed by atoms with Crippen molar-refractivity contribution in [1.82, 2.24) is 10.0 Å². The Labute approximate surface area is 181 Å². The zero-order valence-corrected chi connectivity index (χ0v) is 17.8. The minimum Gasteiger partial charge on any atom is -0.486 e. The third-order valence-electron chi connectivity index (χ3n) is 4.85. The van der Waals surface area contributed by atoms with E-state index in [0.29, 0.717) is 24.5 Å². The highest BCUT2D eigenvalue weighted by molar-refractivity contribution is 7.51. The number of hydrogen-bond donors (Lipinski definition) is 2. The Morgan fingerprint density at radius 2 is 1.94 bits per heavy atom. The van der Waals surface area contributed by atoms with Crippen LogP contribution in [0, 0.1) is 11.2 Å². The van der Waals surface area contributed by atoms with E-state index in [1.807, 2.05) is 0 Å². The van der Waals surface area contributed by atoms with Crippen molar-refractivity contribution in [1.29, 1.82) is 0 Å².